The Hall–Kier alpha value is -3.61. The van der Waals surface area contributed by atoms with E-state index in [4.69, 9.17) is 14.6 Å². The molecule has 1 N–H and O–H groups in total. The average molecular weight is 437 g/mol. The Morgan fingerprint density at radius 3 is 2.44 bits per heavy atom. The van der Waals surface area contributed by atoms with Crippen LogP contribution < -0.4 is 9.47 Å². The fraction of sp³-hybridized carbons (Fsp3) is 0.320. The molecule has 1 aliphatic heterocycles. The summed E-state index contributed by atoms with van der Waals surface area (Å²) in [4.78, 5) is 37.9. The van der Waals surface area contributed by atoms with Crippen molar-refractivity contribution in [1.82, 2.24) is 4.90 Å². The molecule has 0 radical (unpaired) electrons. The molecule has 1 heterocycles. The van der Waals surface area contributed by atoms with E-state index in [-0.39, 0.29) is 13.0 Å². The van der Waals surface area contributed by atoms with Crippen molar-refractivity contribution >= 4 is 29.4 Å². The highest BCUT2D eigenvalue weighted by Crippen LogP contribution is 2.33. The van der Waals surface area contributed by atoms with Crippen molar-refractivity contribution in [2.45, 2.75) is 26.7 Å². The van der Waals surface area contributed by atoms with Crippen LogP contribution in [0, 0.1) is 5.92 Å². The first-order chi connectivity index (χ1) is 15.3. The molecule has 7 nitrogen and oxygen atoms in total. The maximum atomic E-state index is 13.1. The number of carbonyl (C=O) groups is 3. The molecule has 7 heteroatoms. The Balaban J connectivity index is 1.96. The van der Waals surface area contributed by atoms with Crippen LogP contribution in [0.4, 0.5) is 0 Å². The molecule has 0 fully saturated rings. The van der Waals surface area contributed by atoms with Gasteiger partial charge in [-0.1, -0.05) is 38.1 Å². The highest BCUT2D eigenvalue weighted by Gasteiger charge is 2.34. The van der Waals surface area contributed by atoms with Crippen molar-refractivity contribution < 1.29 is 29.0 Å². The number of rotatable bonds is 9. The van der Waals surface area contributed by atoms with E-state index in [9.17, 15) is 14.4 Å². The van der Waals surface area contributed by atoms with E-state index in [1.807, 2.05) is 6.07 Å². The first kappa shape index (κ1) is 23.1. The van der Waals surface area contributed by atoms with Crippen molar-refractivity contribution in [3.8, 4) is 11.5 Å². The monoisotopic (exact) mass is 437 g/mol. The van der Waals surface area contributed by atoms with Gasteiger partial charge in [0.1, 0.15) is 0 Å². The number of amides is 2. The van der Waals surface area contributed by atoms with Crippen LogP contribution in [0.5, 0.6) is 11.5 Å². The summed E-state index contributed by atoms with van der Waals surface area (Å²) in [5.74, 6) is -0.411. The van der Waals surface area contributed by atoms with Gasteiger partial charge in [-0.3, -0.25) is 19.3 Å². The Bertz CT molecular complexity index is 1060. The smallest absolute Gasteiger partial charge is 0.305 e. The predicted molar refractivity (Wildman–Crippen MR) is 121 cm³/mol. The largest absolute Gasteiger partial charge is 0.493 e. The summed E-state index contributed by atoms with van der Waals surface area (Å²) in [7, 11) is 1.55. The zero-order chi connectivity index (χ0) is 23.3. The number of hydrogen-bond donors (Lipinski definition) is 1. The van der Waals surface area contributed by atoms with Crippen LogP contribution >= 0.6 is 0 Å². The molecule has 2 amide bonds. The van der Waals surface area contributed by atoms with Crippen LogP contribution in [0.3, 0.4) is 0 Å². The predicted octanol–water partition coefficient (Wildman–Crippen LogP) is 4.12. The number of nitrogens with zero attached hydrogens (tertiary/aromatic N) is 1. The molecule has 0 saturated carbocycles. The van der Waals surface area contributed by atoms with Gasteiger partial charge in [-0.25, -0.2) is 0 Å². The summed E-state index contributed by atoms with van der Waals surface area (Å²) in [5, 5.41) is 9.00. The number of methoxy groups -OCH3 is 1. The summed E-state index contributed by atoms with van der Waals surface area (Å²) in [6.07, 6.45) is 2.28. The highest BCUT2D eigenvalue weighted by atomic mass is 16.5. The van der Waals surface area contributed by atoms with E-state index in [0.29, 0.717) is 46.3 Å². The third-order valence-electron chi connectivity index (χ3n) is 5.17. The minimum absolute atomic E-state index is 0.190. The Morgan fingerprint density at radius 2 is 1.78 bits per heavy atom. The van der Waals surface area contributed by atoms with Crippen LogP contribution in [-0.2, 0) is 9.59 Å². The van der Waals surface area contributed by atoms with Gasteiger partial charge in [0.25, 0.3) is 11.8 Å². The molecule has 32 heavy (non-hydrogen) atoms. The average Bonchev–Trinajstić information content (AvgIpc) is 2.76. The lowest BCUT2D eigenvalue weighted by atomic mass is 9.92. The molecule has 1 aliphatic rings. The van der Waals surface area contributed by atoms with Gasteiger partial charge in [-0.05, 0) is 47.7 Å². The van der Waals surface area contributed by atoms with Crippen molar-refractivity contribution in [2.75, 3.05) is 20.3 Å². The number of imide groups is 1. The zero-order valence-electron chi connectivity index (χ0n) is 18.5. The van der Waals surface area contributed by atoms with Gasteiger partial charge in [0.2, 0.25) is 0 Å². The second kappa shape index (κ2) is 10.1. The number of carboxylic acids is 1. The van der Waals surface area contributed by atoms with Gasteiger partial charge in [-0.2, -0.15) is 0 Å². The molecule has 0 aromatic heterocycles. The van der Waals surface area contributed by atoms with Gasteiger partial charge < -0.3 is 14.6 Å². The van der Waals surface area contributed by atoms with E-state index in [1.54, 1.807) is 49.6 Å². The lowest BCUT2D eigenvalue weighted by Crippen LogP contribution is -2.42. The molecule has 2 aromatic rings. The second-order valence-electron chi connectivity index (χ2n) is 7.95. The lowest BCUT2D eigenvalue weighted by Gasteiger charge is -2.28. The summed E-state index contributed by atoms with van der Waals surface area (Å²) in [5.41, 5.74) is 1.90. The van der Waals surface area contributed by atoms with Crippen LogP contribution in [0.25, 0.3) is 11.6 Å². The third kappa shape index (κ3) is 5.17. The van der Waals surface area contributed by atoms with E-state index in [0.717, 1.165) is 11.3 Å². The zero-order valence-corrected chi connectivity index (χ0v) is 18.5. The molecule has 0 atom stereocenters. The summed E-state index contributed by atoms with van der Waals surface area (Å²) >= 11 is 0. The number of hydrogen-bond acceptors (Lipinski definition) is 5. The van der Waals surface area contributed by atoms with Gasteiger partial charge in [0.15, 0.2) is 11.5 Å². The minimum atomic E-state index is -1.08. The van der Waals surface area contributed by atoms with Gasteiger partial charge in [-0.15, -0.1) is 0 Å². The molecular formula is C25H27NO6. The summed E-state index contributed by atoms with van der Waals surface area (Å²) in [6.45, 7) is 4.63. The number of aliphatic carboxylic acids is 1. The topological polar surface area (TPSA) is 93.1 Å². The maximum Gasteiger partial charge on any atom is 0.305 e. The molecule has 0 unspecified atom stereocenters. The minimum Gasteiger partial charge on any atom is -0.493 e. The number of ether oxygens (including phenoxy) is 2. The van der Waals surface area contributed by atoms with Crippen molar-refractivity contribution in [1.29, 1.82) is 0 Å². The number of carboxylic acid groups (broad SMARTS) is 1. The normalized spacial score (nSPS) is 14.6. The highest BCUT2D eigenvalue weighted by molar-refractivity contribution is 6.33. The molecule has 0 saturated heterocycles. The third-order valence-corrected chi connectivity index (χ3v) is 5.17. The number of fused-ring (bicyclic) bond motifs is 1. The Morgan fingerprint density at radius 1 is 1.06 bits per heavy atom. The van der Waals surface area contributed by atoms with Gasteiger partial charge in [0, 0.05) is 17.7 Å². The van der Waals surface area contributed by atoms with Crippen molar-refractivity contribution in [3.05, 3.63) is 59.2 Å². The number of carbonyl (C=O) groups excluding carboxylic acids is 2. The summed E-state index contributed by atoms with van der Waals surface area (Å²) < 4.78 is 11.3. The Kier molecular flexibility index (Phi) is 7.30. The van der Waals surface area contributed by atoms with Crippen molar-refractivity contribution in [3.63, 3.8) is 0 Å². The molecule has 0 spiro atoms. The fourth-order valence-electron chi connectivity index (χ4n) is 3.42. The molecule has 168 valence electrons. The van der Waals surface area contributed by atoms with Crippen LogP contribution in [0.2, 0.25) is 0 Å². The van der Waals surface area contributed by atoms with Gasteiger partial charge in [0.05, 0.1) is 20.1 Å². The van der Waals surface area contributed by atoms with Crippen LogP contribution in [0.1, 0.15) is 48.2 Å². The molecule has 0 aliphatic carbocycles. The SMILES string of the molecule is COc1cc(C=C2C(=O)N(CCC(=O)O)C(=O)c3ccccc32)ccc1OCCC(C)C. The van der Waals surface area contributed by atoms with Crippen LogP contribution in [-0.4, -0.2) is 48.1 Å². The molecule has 3 rings (SSSR count). The standard InChI is InChI=1S/C25H27NO6/c1-16(2)11-13-32-21-9-8-17(15-22(21)31-3)14-20-18-6-4-5-7-19(18)24(29)26(25(20)30)12-10-23(27)28/h4-9,14-16H,10-13H2,1-3H3,(H,27,28). The number of benzene rings is 2. The second-order valence-corrected chi connectivity index (χ2v) is 7.95. The van der Waals surface area contributed by atoms with E-state index >= 15 is 0 Å². The summed E-state index contributed by atoms with van der Waals surface area (Å²) in [6, 6.07) is 12.2. The lowest BCUT2D eigenvalue weighted by molar-refractivity contribution is -0.137. The first-order valence-electron chi connectivity index (χ1n) is 10.5. The molecular weight excluding hydrogens is 410 g/mol. The van der Waals surface area contributed by atoms with E-state index in [2.05, 4.69) is 13.8 Å². The van der Waals surface area contributed by atoms with Gasteiger partial charge >= 0.3 is 5.97 Å². The Labute approximate surface area is 187 Å². The quantitative estimate of drug-likeness (QED) is 0.469. The fourth-order valence-corrected chi connectivity index (χ4v) is 3.42. The van der Waals surface area contributed by atoms with Crippen molar-refractivity contribution in [2.24, 2.45) is 5.92 Å². The molecule has 0 bridgehead atoms. The van der Waals surface area contributed by atoms with E-state index < -0.39 is 17.8 Å². The van der Waals surface area contributed by atoms with E-state index in [1.165, 1.54) is 0 Å². The molecule has 2 aromatic carbocycles. The van der Waals surface area contributed by atoms with Crippen LogP contribution in [0.15, 0.2) is 42.5 Å². The first-order valence-corrected chi connectivity index (χ1v) is 10.5. The maximum absolute atomic E-state index is 13.1.